The average Bonchev–Trinajstić information content (AvgIpc) is 2.33. The van der Waals surface area contributed by atoms with E-state index in [0.29, 0.717) is 24.9 Å². The molecular formula is C14H21F2NO2S. The van der Waals surface area contributed by atoms with Gasteiger partial charge in [-0.25, -0.2) is 17.2 Å². The van der Waals surface area contributed by atoms with Crippen LogP contribution in [0.1, 0.15) is 37.8 Å². The van der Waals surface area contributed by atoms with Crippen LogP contribution >= 0.6 is 0 Å². The minimum Gasteiger partial charge on any atom is -0.310 e. The quantitative estimate of drug-likeness (QED) is 0.803. The van der Waals surface area contributed by atoms with Gasteiger partial charge in [0.15, 0.2) is 0 Å². The molecule has 0 aromatic heterocycles. The third-order valence-corrected chi connectivity index (χ3v) is 4.02. The molecule has 6 heteroatoms. The van der Waals surface area contributed by atoms with Crippen molar-refractivity contribution in [1.29, 1.82) is 0 Å². The highest BCUT2D eigenvalue weighted by molar-refractivity contribution is 7.90. The van der Waals surface area contributed by atoms with Gasteiger partial charge in [-0.05, 0) is 31.9 Å². The lowest BCUT2D eigenvalue weighted by Gasteiger charge is -2.19. The fourth-order valence-corrected chi connectivity index (χ4v) is 2.71. The molecule has 1 unspecified atom stereocenters. The molecule has 0 aliphatic rings. The first-order chi connectivity index (χ1) is 9.33. The number of hydrogen-bond donors (Lipinski definition) is 1. The van der Waals surface area contributed by atoms with Gasteiger partial charge in [0, 0.05) is 29.7 Å². The van der Waals surface area contributed by atoms with Crippen LogP contribution in [0.2, 0.25) is 0 Å². The summed E-state index contributed by atoms with van der Waals surface area (Å²) in [6, 6.07) is 3.19. The molecule has 1 rings (SSSR count). The molecule has 0 amide bonds. The molecule has 0 heterocycles. The van der Waals surface area contributed by atoms with Crippen LogP contribution in [-0.2, 0) is 9.84 Å². The predicted molar refractivity (Wildman–Crippen MR) is 76.3 cm³/mol. The standard InChI is InChI=1S/C14H21F2NO2S/c1-3-8-17-14(5-4-9-20(2,18)19)12-7-6-11(15)10-13(12)16/h6-7,10,14,17H,3-5,8-9H2,1-2H3. The number of hydrogen-bond acceptors (Lipinski definition) is 3. The first-order valence-corrected chi connectivity index (χ1v) is 8.75. The van der Waals surface area contributed by atoms with E-state index in [1.807, 2.05) is 6.92 Å². The van der Waals surface area contributed by atoms with E-state index in [2.05, 4.69) is 5.32 Å². The van der Waals surface area contributed by atoms with Crippen LogP contribution in [-0.4, -0.2) is 27.0 Å². The maximum atomic E-state index is 13.8. The van der Waals surface area contributed by atoms with Crippen LogP contribution in [0.4, 0.5) is 8.78 Å². The number of benzene rings is 1. The van der Waals surface area contributed by atoms with Crippen molar-refractivity contribution in [2.24, 2.45) is 0 Å². The highest BCUT2D eigenvalue weighted by atomic mass is 32.2. The molecule has 3 nitrogen and oxygen atoms in total. The monoisotopic (exact) mass is 305 g/mol. The van der Waals surface area contributed by atoms with Crippen LogP contribution in [0.3, 0.4) is 0 Å². The second-order valence-corrected chi connectivity index (χ2v) is 7.20. The summed E-state index contributed by atoms with van der Waals surface area (Å²) in [5, 5.41) is 3.17. The Labute approximate surface area is 119 Å². The van der Waals surface area contributed by atoms with Gasteiger partial charge in [0.25, 0.3) is 0 Å². The molecule has 0 fully saturated rings. The van der Waals surface area contributed by atoms with Gasteiger partial charge in [0.1, 0.15) is 21.5 Å². The summed E-state index contributed by atoms with van der Waals surface area (Å²) in [5.41, 5.74) is 0.383. The van der Waals surface area contributed by atoms with Crippen molar-refractivity contribution in [3.63, 3.8) is 0 Å². The van der Waals surface area contributed by atoms with Crippen molar-refractivity contribution in [2.75, 3.05) is 18.6 Å². The van der Waals surface area contributed by atoms with E-state index < -0.39 is 21.5 Å². The Morgan fingerprint density at radius 2 is 2.00 bits per heavy atom. The van der Waals surface area contributed by atoms with E-state index in [0.717, 1.165) is 12.5 Å². The molecule has 0 spiro atoms. The Bertz CT molecular complexity index is 532. The van der Waals surface area contributed by atoms with Crippen LogP contribution in [0.5, 0.6) is 0 Å². The zero-order valence-corrected chi connectivity index (χ0v) is 12.6. The first-order valence-electron chi connectivity index (χ1n) is 6.69. The smallest absolute Gasteiger partial charge is 0.147 e. The maximum absolute atomic E-state index is 13.8. The Hall–Kier alpha value is -1.01. The summed E-state index contributed by atoms with van der Waals surface area (Å²) in [6.07, 6.45) is 3.00. The third-order valence-electron chi connectivity index (χ3n) is 2.99. The molecule has 1 aromatic carbocycles. The lowest BCUT2D eigenvalue weighted by atomic mass is 10.0. The van der Waals surface area contributed by atoms with Gasteiger partial charge >= 0.3 is 0 Å². The molecule has 1 aromatic rings. The van der Waals surface area contributed by atoms with E-state index in [-0.39, 0.29) is 11.8 Å². The summed E-state index contributed by atoms with van der Waals surface area (Å²) in [5.74, 6) is -1.14. The minimum atomic E-state index is -3.02. The van der Waals surface area contributed by atoms with E-state index in [1.54, 1.807) is 0 Å². The van der Waals surface area contributed by atoms with Gasteiger partial charge in [-0.15, -0.1) is 0 Å². The molecule has 0 radical (unpaired) electrons. The van der Waals surface area contributed by atoms with Crippen LogP contribution < -0.4 is 5.32 Å². The third kappa shape index (κ3) is 5.96. The van der Waals surface area contributed by atoms with Gasteiger partial charge in [-0.3, -0.25) is 0 Å². The summed E-state index contributed by atoms with van der Waals surface area (Å²) in [6.45, 7) is 2.68. The number of nitrogens with one attached hydrogen (secondary N) is 1. The number of halogens is 2. The number of sulfone groups is 1. The molecule has 0 saturated carbocycles. The maximum Gasteiger partial charge on any atom is 0.147 e. The molecule has 1 atom stereocenters. The van der Waals surface area contributed by atoms with E-state index in [4.69, 9.17) is 0 Å². The number of rotatable bonds is 8. The van der Waals surface area contributed by atoms with Crippen molar-refractivity contribution >= 4 is 9.84 Å². The van der Waals surface area contributed by atoms with Gasteiger partial charge < -0.3 is 5.32 Å². The van der Waals surface area contributed by atoms with Crippen molar-refractivity contribution in [3.05, 3.63) is 35.4 Å². The Morgan fingerprint density at radius 1 is 1.30 bits per heavy atom. The van der Waals surface area contributed by atoms with Gasteiger partial charge in [0.05, 0.1) is 0 Å². The lowest BCUT2D eigenvalue weighted by molar-refractivity contribution is 0.465. The fourth-order valence-electron chi connectivity index (χ4n) is 2.02. The van der Waals surface area contributed by atoms with Crippen molar-refractivity contribution in [2.45, 2.75) is 32.2 Å². The summed E-state index contributed by atoms with van der Waals surface area (Å²) in [7, 11) is -3.02. The van der Waals surface area contributed by atoms with Gasteiger partial charge in [0.2, 0.25) is 0 Å². The van der Waals surface area contributed by atoms with Crippen LogP contribution in [0.25, 0.3) is 0 Å². The van der Waals surface area contributed by atoms with Gasteiger partial charge in [-0.2, -0.15) is 0 Å². The second-order valence-electron chi connectivity index (χ2n) is 4.94. The normalized spacial score (nSPS) is 13.4. The minimum absolute atomic E-state index is 0.0696. The molecule has 0 aliphatic carbocycles. The van der Waals surface area contributed by atoms with Gasteiger partial charge in [-0.1, -0.05) is 13.0 Å². The van der Waals surface area contributed by atoms with E-state index in [1.165, 1.54) is 18.4 Å². The van der Waals surface area contributed by atoms with Crippen LogP contribution in [0, 0.1) is 11.6 Å². The Balaban J connectivity index is 2.77. The molecule has 0 bridgehead atoms. The van der Waals surface area contributed by atoms with E-state index >= 15 is 0 Å². The van der Waals surface area contributed by atoms with Crippen molar-refractivity contribution < 1.29 is 17.2 Å². The molecule has 114 valence electrons. The molecule has 20 heavy (non-hydrogen) atoms. The highest BCUT2D eigenvalue weighted by Crippen LogP contribution is 2.22. The first kappa shape index (κ1) is 17.0. The van der Waals surface area contributed by atoms with Crippen molar-refractivity contribution in [1.82, 2.24) is 5.32 Å². The highest BCUT2D eigenvalue weighted by Gasteiger charge is 2.16. The molecule has 1 N–H and O–H groups in total. The summed E-state index contributed by atoms with van der Waals surface area (Å²) >= 11 is 0. The molecular weight excluding hydrogens is 284 g/mol. The van der Waals surface area contributed by atoms with Crippen LogP contribution in [0.15, 0.2) is 18.2 Å². The zero-order chi connectivity index (χ0) is 15.2. The predicted octanol–water partition coefficient (Wildman–Crippen LogP) is 2.83. The SMILES string of the molecule is CCCNC(CCCS(C)(=O)=O)c1ccc(F)cc1F. The molecule has 0 aliphatic heterocycles. The second kappa shape index (κ2) is 7.69. The average molecular weight is 305 g/mol. The zero-order valence-electron chi connectivity index (χ0n) is 11.8. The summed E-state index contributed by atoms with van der Waals surface area (Å²) in [4.78, 5) is 0. The largest absolute Gasteiger partial charge is 0.310 e. The topological polar surface area (TPSA) is 46.2 Å². The van der Waals surface area contributed by atoms with E-state index in [9.17, 15) is 17.2 Å². The summed E-state index contributed by atoms with van der Waals surface area (Å²) < 4.78 is 49.0. The Morgan fingerprint density at radius 3 is 2.55 bits per heavy atom. The Kier molecular flexibility index (Phi) is 6.55. The molecule has 0 saturated heterocycles. The fraction of sp³-hybridized carbons (Fsp3) is 0.571. The lowest BCUT2D eigenvalue weighted by Crippen LogP contribution is -2.24. The van der Waals surface area contributed by atoms with Crippen molar-refractivity contribution in [3.8, 4) is 0 Å².